The van der Waals surface area contributed by atoms with Crippen LogP contribution in [0.4, 0.5) is 0 Å². The van der Waals surface area contributed by atoms with Crippen LogP contribution < -0.4 is 10.9 Å². The second-order valence-corrected chi connectivity index (χ2v) is 9.85. The minimum Gasteiger partial charge on any atom is -0.338 e. The molecule has 1 aromatic heterocycles. The molecular weight excluding hydrogens is 444 g/mol. The van der Waals surface area contributed by atoms with Crippen LogP contribution in [0.25, 0.3) is 5.69 Å². The van der Waals surface area contributed by atoms with Crippen LogP contribution in [0, 0.1) is 0 Å². The third-order valence-electron chi connectivity index (χ3n) is 6.27. The summed E-state index contributed by atoms with van der Waals surface area (Å²) in [6, 6.07) is 7.49. The Morgan fingerprint density at radius 1 is 1.18 bits per heavy atom. The third kappa shape index (κ3) is 5.10. The Morgan fingerprint density at radius 3 is 2.71 bits per heavy atom. The highest BCUT2D eigenvalue weighted by molar-refractivity contribution is 7.99. The van der Waals surface area contributed by atoms with Gasteiger partial charge in [-0.2, -0.15) is 0 Å². The highest BCUT2D eigenvalue weighted by Gasteiger charge is 2.28. The molecule has 1 amide bonds. The molecule has 2 heterocycles. The summed E-state index contributed by atoms with van der Waals surface area (Å²) in [5.74, 6) is -0.0807. The first-order valence-electron chi connectivity index (χ1n) is 14.2. The van der Waals surface area contributed by atoms with E-state index in [4.69, 9.17) is 11.8 Å². The fourth-order valence-corrected chi connectivity index (χ4v) is 5.43. The Hall–Kier alpha value is -2.90. The number of benzene rings is 2. The lowest BCUT2D eigenvalue weighted by molar-refractivity contribution is -0.132. The van der Waals surface area contributed by atoms with Gasteiger partial charge < -0.3 is 10.2 Å². The smallest absolute Gasteiger partial charge is 0.264 e. The molecule has 0 saturated heterocycles. The molecule has 176 valence electrons. The van der Waals surface area contributed by atoms with Crippen molar-refractivity contribution in [3.63, 3.8) is 0 Å². The topological polar surface area (TPSA) is 67.2 Å². The fourth-order valence-electron chi connectivity index (χ4n) is 4.12. The van der Waals surface area contributed by atoms with Crippen molar-refractivity contribution in [2.45, 2.75) is 55.6 Å². The maximum atomic E-state index is 13.9. The maximum absolute atomic E-state index is 13.9. The van der Waals surface area contributed by atoms with E-state index >= 15 is 0 Å². The molecular formula is C27H30N4O2S. The summed E-state index contributed by atoms with van der Waals surface area (Å²) in [4.78, 5) is 33.4. The van der Waals surface area contributed by atoms with E-state index in [-0.39, 0.29) is 29.8 Å². The van der Waals surface area contributed by atoms with Crippen molar-refractivity contribution in [3.05, 3.63) is 87.7 Å². The maximum Gasteiger partial charge on any atom is 0.264 e. The molecule has 3 aromatic rings. The van der Waals surface area contributed by atoms with E-state index in [9.17, 15) is 9.59 Å². The number of nitrogens with zero attached hydrogens (tertiary/aromatic N) is 3. The number of nitrogens with one attached hydrogen (secondary N) is 1. The van der Waals surface area contributed by atoms with Crippen LogP contribution >= 0.6 is 11.8 Å². The number of para-hydroxylation sites is 1. The molecule has 1 N–H and O–H groups in total. The number of hydrogen-bond donors (Lipinski definition) is 1. The van der Waals surface area contributed by atoms with Crippen molar-refractivity contribution >= 4 is 17.7 Å². The van der Waals surface area contributed by atoms with Crippen molar-refractivity contribution in [1.82, 2.24) is 19.8 Å². The van der Waals surface area contributed by atoms with E-state index in [0.29, 0.717) is 42.5 Å². The normalized spacial score (nSPS) is 17.6. The average Bonchev–Trinajstić information content (AvgIpc) is 2.92. The van der Waals surface area contributed by atoms with Crippen LogP contribution in [0.5, 0.6) is 0 Å². The minimum absolute atomic E-state index is 0.0751. The van der Waals surface area contributed by atoms with Gasteiger partial charge in [0.15, 0.2) is 5.16 Å². The Morgan fingerprint density at radius 2 is 1.97 bits per heavy atom. The molecule has 1 aliphatic heterocycles. The van der Waals surface area contributed by atoms with Crippen LogP contribution in [-0.4, -0.2) is 38.7 Å². The van der Waals surface area contributed by atoms with E-state index in [1.54, 1.807) is 4.90 Å². The largest absolute Gasteiger partial charge is 0.338 e. The minimum atomic E-state index is -0.515. The van der Waals surface area contributed by atoms with Crippen molar-refractivity contribution in [3.8, 4) is 5.69 Å². The Balaban J connectivity index is 1.42. The van der Waals surface area contributed by atoms with Gasteiger partial charge in [-0.1, -0.05) is 66.6 Å². The molecule has 6 nitrogen and oxygen atoms in total. The summed E-state index contributed by atoms with van der Waals surface area (Å²) in [5.41, 5.74) is 1.39. The lowest BCUT2D eigenvalue weighted by Gasteiger charge is -2.30. The standard InChI is InChI=1S/C27H30N4O2S/c32-25(14-16-28-18-20-8-3-1-4-9-20)30-17-15-24-23(19-30)26(33)31(21-10-5-2-6-11-21)27(29-24)34-22-12-7-13-22/h1-6,8-11,22,28H,7,12-19H2/i2D,5D,6D,10D,11D. The summed E-state index contributed by atoms with van der Waals surface area (Å²) < 4.78 is 42.3. The zero-order valence-corrected chi connectivity index (χ0v) is 19.7. The fraction of sp³-hybridized carbons (Fsp3) is 0.370. The Bertz CT molecular complexity index is 1430. The van der Waals surface area contributed by atoms with Gasteiger partial charge in [-0.15, -0.1) is 0 Å². The quantitative estimate of drug-likeness (QED) is 0.392. The molecule has 1 aliphatic carbocycles. The van der Waals surface area contributed by atoms with Crippen LogP contribution in [-0.2, 0) is 24.3 Å². The van der Waals surface area contributed by atoms with Crippen LogP contribution in [0.3, 0.4) is 0 Å². The highest BCUT2D eigenvalue weighted by atomic mass is 32.2. The van der Waals surface area contributed by atoms with Crippen molar-refractivity contribution in [2.24, 2.45) is 0 Å². The summed E-state index contributed by atoms with van der Waals surface area (Å²) >= 11 is 1.42. The number of thioether (sulfide) groups is 1. The molecule has 0 atom stereocenters. The summed E-state index contributed by atoms with van der Waals surface area (Å²) in [5, 5.41) is 3.88. The molecule has 7 heteroatoms. The highest BCUT2D eigenvalue weighted by Crippen LogP contribution is 2.36. The molecule has 34 heavy (non-hydrogen) atoms. The van der Waals surface area contributed by atoms with Crippen LogP contribution in [0.15, 0.2) is 70.5 Å². The van der Waals surface area contributed by atoms with E-state index in [1.165, 1.54) is 16.3 Å². The summed E-state index contributed by atoms with van der Waals surface area (Å²) in [6.07, 6.45) is 3.73. The van der Waals surface area contributed by atoms with Gasteiger partial charge >= 0.3 is 0 Å². The van der Waals surface area contributed by atoms with E-state index in [1.807, 2.05) is 30.3 Å². The van der Waals surface area contributed by atoms with E-state index in [2.05, 4.69) is 5.32 Å². The number of carbonyl (C=O) groups is 1. The number of amides is 1. The van der Waals surface area contributed by atoms with Gasteiger partial charge in [0.25, 0.3) is 5.56 Å². The molecule has 0 unspecified atom stereocenters. The number of aromatic nitrogens is 2. The van der Waals surface area contributed by atoms with Crippen molar-refractivity contribution < 1.29 is 11.6 Å². The summed E-state index contributed by atoms with van der Waals surface area (Å²) in [6.45, 7) is 1.68. The first-order chi connectivity index (χ1) is 18.8. The van der Waals surface area contributed by atoms with Gasteiger partial charge in [-0.3, -0.25) is 14.2 Å². The molecule has 1 saturated carbocycles. The zero-order chi connectivity index (χ0) is 27.7. The predicted octanol–water partition coefficient (Wildman–Crippen LogP) is 3.94. The lowest BCUT2D eigenvalue weighted by atomic mass is 10.0. The van der Waals surface area contributed by atoms with Gasteiger partial charge in [-0.05, 0) is 30.5 Å². The first-order valence-corrected chi connectivity index (χ1v) is 12.6. The van der Waals surface area contributed by atoms with Crippen molar-refractivity contribution in [2.75, 3.05) is 13.1 Å². The van der Waals surface area contributed by atoms with Crippen LogP contribution in [0.2, 0.25) is 0 Å². The molecule has 2 aliphatic rings. The number of hydrogen-bond acceptors (Lipinski definition) is 5. The number of fused-ring (bicyclic) bond motifs is 1. The first kappa shape index (κ1) is 17.5. The van der Waals surface area contributed by atoms with Crippen LogP contribution in [0.1, 0.15) is 49.4 Å². The Kier molecular flexibility index (Phi) is 5.45. The average molecular weight is 480 g/mol. The monoisotopic (exact) mass is 479 g/mol. The second kappa shape index (κ2) is 10.6. The van der Waals surface area contributed by atoms with Gasteiger partial charge in [-0.25, -0.2) is 4.98 Å². The van der Waals surface area contributed by atoms with Gasteiger partial charge in [0.2, 0.25) is 5.91 Å². The Labute approximate surface area is 211 Å². The summed E-state index contributed by atoms with van der Waals surface area (Å²) in [7, 11) is 0. The molecule has 5 rings (SSSR count). The molecule has 1 fully saturated rings. The number of rotatable bonds is 8. The van der Waals surface area contributed by atoms with E-state index in [0.717, 1.165) is 24.8 Å². The molecule has 0 spiro atoms. The SMILES string of the molecule is [2H]c1c([2H])c([2H])c(-n2c(SC3CCC3)nc3c(c2=O)CN(C(=O)CCNCc2ccccc2)CC3)c([2H])c1[2H]. The lowest BCUT2D eigenvalue weighted by Crippen LogP contribution is -2.42. The van der Waals surface area contributed by atoms with Gasteiger partial charge in [0.1, 0.15) is 0 Å². The van der Waals surface area contributed by atoms with Crippen molar-refractivity contribution in [1.29, 1.82) is 0 Å². The number of carbonyl (C=O) groups excluding carboxylic acids is 1. The predicted molar refractivity (Wildman–Crippen MR) is 135 cm³/mol. The van der Waals surface area contributed by atoms with Gasteiger partial charge in [0.05, 0.1) is 30.3 Å². The van der Waals surface area contributed by atoms with Gasteiger partial charge in [0, 0.05) is 37.7 Å². The molecule has 2 aromatic carbocycles. The molecule has 0 bridgehead atoms. The second-order valence-electron chi connectivity index (χ2n) is 8.58. The van der Waals surface area contributed by atoms with E-state index < -0.39 is 35.8 Å². The molecule has 0 radical (unpaired) electrons. The third-order valence-corrected chi connectivity index (χ3v) is 7.56. The zero-order valence-electron chi connectivity index (χ0n) is 23.9.